The molecule has 0 saturated carbocycles. The molecule has 1 amide bonds. The van der Waals surface area contributed by atoms with Crippen molar-refractivity contribution in [2.75, 3.05) is 20.3 Å². The second-order valence-electron chi connectivity index (χ2n) is 5.24. The van der Waals surface area contributed by atoms with E-state index in [9.17, 15) is 27.6 Å². The van der Waals surface area contributed by atoms with Crippen LogP contribution in [0.25, 0.3) is 0 Å². The maximum Gasteiger partial charge on any atom is 0.325 e. The molecule has 0 atom stereocenters. The van der Waals surface area contributed by atoms with Gasteiger partial charge in [0.1, 0.15) is 18.2 Å². The molecular formula is C18H14F3NO5. The second-order valence-corrected chi connectivity index (χ2v) is 5.24. The number of amides is 1. The first-order valence-corrected chi connectivity index (χ1v) is 7.57. The summed E-state index contributed by atoms with van der Waals surface area (Å²) in [5.41, 5.74) is -0.479. The molecule has 0 radical (unpaired) electrons. The number of carbonyl (C=O) groups excluding carboxylic acids is 3. The molecule has 2 aromatic rings. The number of ether oxygens (including phenoxy) is 2. The van der Waals surface area contributed by atoms with Gasteiger partial charge in [0.25, 0.3) is 5.91 Å². The van der Waals surface area contributed by atoms with Gasteiger partial charge in [-0.25, -0.2) is 13.2 Å². The highest BCUT2D eigenvalue weighted by Crippen LogP contribution is 2.18. The highest BCUT2D eigenvalue weighted by atomic mass is 19.1. The van der Waals surface area contributed by atoms with E-state index in [1.54, 1.807) is 0 Å². The number of Topliss-reactive ketones (excluding diaryl/α,β-unsaturated/α-hetero) is 1. The van der Waals surface area contributed by atoms with E-state index in [-0.39, 0.29) is 11.3 Å². The number of carbonyl (C=O) groups is 3. The molecular weight excluding hydrogens is 367 g/mol. The minimum Gasteiger partial charge on any atom is -0.494 e. The monoisotopic (exact) mass is 381 g/mol. The third-order valence-corrected chi connectivity index (χ3v) is 3.41. The molecule has 0 aliphatic heterocycles. The summed E-state index contributed by atoms with van der Waals surface area (Å²) in [5.74, 6) is -5.31. The Morgan fingerprint density at radius 2 is 1.74 bits per heavy atom. The fourth-order valence-electron chi connectivity index (χ4n) is 2.04. The molecule has 27 heavy (non-hydrogen) atoms. The predicted molar refractivity (Wildman–Crippen MR) is 86.9 cm³/mol. The Morgan fingerprint density at radius 3 is 2.37 bits per heavy atom. The average molecular weight is 381 g/mol. The van der Waals surface area contributed by atoms with Gasteiger partial charge in [-0.1, -0.05) is 0 Å². The quantitative estimate of drug-likeness (QED) is 0.588. The zero-order chi connectivity index (χ0) is 20.0. The fourth-order valence-corrected chi connectivity index (χ4v) is 2.04. The molecule has 0 bridgehead atoms. The van der Waals surface area contributed by atoms with Gasteiger partial charge in [-0.2, -0.15) is 0 Å². The Labute approximate surface area is 151 Å². The molecule has 1 N–H and O–H groups in total. The van der Waals surface area contributed by atoms with Crippen molar-refractivity contribution in [2.45, 2.75) is 0 Å². The van der Waals surface area contributed by atoms with Gasteiger partial charge in [-0.3, -0.25) is 14.4 Å². The van der Waals surface area contributed by atoms with Crippen LogP contribution in [-0.2, 0) is 9.53 Å². The van der Waals surface area contributed by atoms with Gasteiger partial charge in [0, 0.05) is 11.6 Å². The molecule has 0 spiro atoms. The maximum absolute atomic E-state index is 13.6. The number of benzene rings is 2. The van der Waals surface area contributed by atoms with Crippen LogP contribution in [0.3, 0.4) is 0 Å². The summed E-state index contributed by atoms with van der Waals surface area (Å²) in [6.07, 6.45) is 0. The first kappa shape index (κ1) is 20.0. The van der Waals surface area contributed by atoms with Crippen molar-refractivity contribution in [3.63, 3.8) is 0 Å². The SMILES string of the molecule is COc1ccc(C(=O)COC(=O)CNC(=O)c2ccc(F)cc2F)cc1F. The average Bonchev–Trinajstić information content (AvgIpc) is 2.64. The van der Waals surface area contributed by atoms with Crippen LogP contribution in [-0.4, -0.2) is 37.9 Å². The van der Waals surface area contributed by atoms with E-state index in [1.165, 1.54) is 19.2 Å². The summed E-state index contributed by atoms with van der Waals surface area (Å²) in [6, 6.07) is 5.84. The Morgan fingerprint density at radius 1 is 1.00 bits per heavy atom. The van der Waals surface area contributed by atoms with E-state index < -0.39 is 53.8 Å². The van der Waals surface area contributed by atoms with E-state index in [0.717, 1.165) is 18.2 Å². The van der Waals surface area contributed by atoms with E-state index in [0.29, 0.717) is 6.07 Å². The Bertz CT molecular complexity index is 885. The Hall–Kier alpha value is -3.36. The zero-order valence-electron chi connectivity index (χ0n) is 14.1. The van der Waals surface area contributed by atoms with Gasteiger partial charge in [-0.15, -0.1) is 0 Å². The highest BCUT2D eigenvalue weighted by molar-refractivity contribution is 5.99. The summed E-state index contributed by atoms with van der Waals surface area (Å²) in [4.78, 5) is 35.2. The lowest BCUT2D eigenvalue weighted by Gasteiger charge is -2.08. The molecule has 0 heterocycles. The summed E-state index contributed by atoms with van der Waals surface area (Å²) >= 11 is 0. The molecule has 0 fully saturated rings. The van der Waals surface area contributed by atoms with E-state index in [2.05, 4.69) is 10.1 Å². The molecule has 2 aromatic carbocycles. The molecule has 0 unspecified atom stereocenters. The standard InChI is InChI=1S/C18H14F3NO5/c1-26-16-5-2-10(6-14(16)21)15(23)9-27-17(24)8-22-18(25)12-4-3-11(19)7-13(12)20/h2-7H,8-9H2,1H3,(H,22,25). The largest absolute Gasteiger partial charge is 0.494 e. The maximum atomic E-state index is 13.6. The van der Waals surface area contributed by atoms with Gasteiger partial charge < -0.3 is 14.8 Å². The minimum absolute atomic E-state index is 0.0291. The third kappa shape index (κ3) is 5.30. The smallest absolute Gasteiger partial charge is 0.325 e. The predicted octanol–water partition coefficient (Wildman–Crippen LogP) is 2.27. The summed E-state index contributed by atoms with van der Waals surface area (Å²) in [7, 11) is 1.27. The molecule has 9 heteroatoms. The van der Waals surface area contributed by atoms with Gasteiger partial charge >= 0.3 is 5.97 Å². The molecule has 0 aliphatic rings. The van der Waals surface area contributed by atoms with Crippen LogP contribution >= 0.6 is 0 Å². The van der Waals surface area contributed by atoms with Crippen molar-refractivity contribution in [3.8, 4) is 5.75 Å². The summed E-state index contributed by atoms with van der Waals surface area (Å²) < 4.78 is 49.2. The zero-order valence-corrected chi connectivity index (χ0v) is 14.1. The van der Waals surface area contributed by atoms with Crippen LogP contribution < -0.4 is 10.1 Å². The van der Waals surface area contributed by atoms with E-state index in [4.69, 9.17) is 4.74 Å². The van der Waals surface area contributed by atoms with Gasteiger partial charge in [0.15, 0.2) is 24.0 Å². The summed E-state index contributed by atoms with van der Waals surface area (Å²) in [5, 5.41) is 2.08. The van der Waals surface area contributed by atoms with Crippen molar-refractivity contribution >= 4 is 17.7 Å². The number of ketones is 1. The number of rotatable bonds is 7. The molecule has 0 aromatic heterocycles. The van der Waals surface area contributed by atoms with Crippen molar-refractivity contribution in [1.82, 2.24) is 5.32 Å². The topological polar surface area (TPSA) is 81.7 Å². The molecule has 0 saturated heterocycles. The van der Waals surface area contributed by atoms with Crippen molar-refractivity contribution in [2.24, 2.45) is 0 Å². The molecule has 6 nitrogen and oxygen atoms in total. The van der Waals surface area contributed by atoms with E-state index in [1.807, 2.05) is 0 Å². The molecule has 0 aliphatic carbocycles. The first-order chi connectivity index (χ1) is 12.8. The number of hydrogen-bond acceptors (Lipinski definition) is 5. The van der Waals surface area contributed by atoms with Crippen LogP contribution in [0.5, 0.6) is 5.75 Å². The van der Waals surface area contributed by atoms with Crippen molar-refractivity contribution in [3.05, 3.63) is 65.0 Å². The molecule has 142 valence electrons. The molecule has 2 rings (SSSR count). The number of halogens is 3. The number of esters is 1. The fraction of sp³-hybridized carbons (Fsp3) is 0.167. The Kier molecular flexibility index (Phi) is 6.53. The number of nitrogens with one attached hydrogen (secondary N) is 1. The van der Waals surface area contributed by atoms with Gasteiger partial charge in [0.2, 0.25) is 0 Å². The number of methoxy groups -OCH3 is 1. The van der Waals surface area contributed by atoms with Crippen LogP contribution in [0.2, 0.25) is 0 Å². The van der Waals surface area contributed by atoms with Crippen LogP contribution in [0, 0.1) is 17.5 Å². The lowest BCUT2D eigenvalue weighted by atomic mass is 10.1. The van der Waals surface area contributed by atoms with Crippen LogP contribution in [0.1, 0.15) is 20.7 Å². The summed E-state index contributed by atoms with van der Waals surface area (Å²) in [6.45, 7) is -1.31. The normalized spacial score (nSPS) is 10.2. The second kappa shape index (κ2) is 8.84. The van der Waals surface area contributed by atoms with Crippen molar-refractivity contribution in [1.29, 1.82) is 0 Å². The lowest BCUT2D eigenvalue weighted by Crippen LogP contribution is -2.32. The third-order valence-electron chi connectivity index (χ3n) is 3.41. The minimum atomic E-state index is -1.09. The first-order valence-electron chi connectivity index (χ1n) is 7.57. The Balaban J connectivity index is 1.84. The van der Waals surface area contributed by atoms with Crippen molar-refractivity contribution < 1.29 is 37.0 Å². The highest BCUT2D eigenvalue weighted by Gasteiger charge is 2.16. The van der Waals surface area contributed by atoms with Gasteiger partial charge in [-0.05, 0) is 30.3 Å². The van der Waals surface area contributed by atoms with Gasteiger partial charge in [0.05, 0.1) is 12.7 Å². The van der Waals surface area contributed by atoms with Crippen LogP contribution in [0.15, 0.2) is 36.4 Å². The lowest BCUT2D eigenvalue weighted by molar-refractivity contribution is -0.141. The number of hydrogen-bond donors (Lipinski definition) is 1. The van der Waals surface area contributed by atoms with E-state index >= 15 is 0 Å². The van der Waals surface area contributed by atoms with Crippen LogP contribution in [0.4, 0.5) is 13.2 Å².